The van der Waals surface area contributed by atoms with Gasteiger partial charge in [0.25, 0.3) is 0 Å². The second-order valence-corrected chi connectivity index (χ2v) is 7.40. The van der Waals surface area contributed by atoms with Crippen LogP contribution in [0.3, 0.4) is 0 Å². The number of hydrogen-bond donors (Lipinski definition) is 2. The first-order chi connectivity index (χ1) is 11.6. The summed E-state index contributed by atoms with van der Waals surface area (Å²) in [7, 11) is 0. The zero-order valence-electron chi connectivity index (χ0n) is 13.4. The second-order valence-electron chi connectivity index (χ2n) is 6.32. The number of benzene rings is 1. The molecule has 0 saturated carbocycles. The molecule has 4 rings (SSSR count). The van der Waals surface area contributed by atoms with Crippen molar-refractivity contribution in [2.75, 3.05) is 5.32 Å². The van der Waals surface area contributed by atoms with E-state index >= 15 is 0 Å². The molecule has 0 radical (unpaired) electrons. The third kappa shape index (κ3) is 2.63. The predicted molar refractivity (Wildman–Crippen MR) is 96.8 cm³/mol. The van der Waals surface area contributed by atoms with Gasteiger partial charge in [-0.05, 0) is 55.0 Å². The number of hydrogen-bond acceptors (Lipinski definition) is 5. The molecule has 3 aromatic rings. The van der Waals surface area contributed by atoms with Crippen LogP contribution >= 0.6 is 11.3 Å². The largest absolute Gasteiger partial charge is 0.366 e. The van der Waals surface area contributed by atoms with E-state index < -0.39 is 5.91 Å². The van der Waals surface area contributed by atoms with Crippen molar-refractivity contribution in [1.82, 2.24) is 9.97 Å². The summed E-state index contributed by atoms with van der Waals surface area (Å²) >= 11 is 1.78. The Morgan fingerprint density at radius 2 is 2.08 bits per heavy atom. The normalized spacial score (nSPS) is 16.8. The van der Waals surface area contributed by atoms with Gasteiger partial charge in [-0.25, -0.2) is 9.97 Å². The summed E-state index contributed by atoms with van der Waals surface area (Å²) in [5, 5.41) is 4.51. The molecule has 6 heteroatoms. The number of aryl methyl sites for hydroxylation is 1. The molecule has 0 aliphatic heterocycles. The summed E-state index contributed by atoms with van der Waals surface area (Å²) < 4.78 is 0. The highest BCUT2D eigenvalue weighted by atomic mass is 32.1. The molecule has 3 N–H and O–H groups in total. The van der Waals surface area contributed by atoms with Crippen molar-refractivity contribution in [2.24, 2.45) is 11.7 Å². The fourth-order valence-electron chi connectivity index (χ4n) is 3.22. The Kier molecular flexibility index (Phi) is 3.69. The highest BCUT2D eigenvalue weighted by molar-refractivity contribution is 7.19. The van der Waals surface area contributed by atoms with Crippen molar-refractivity contribution in [1.29, 1.82) is 0 Å². The van der Waals surface area contributed by atoms with Crippen molar-refractivity contribution in [3.8, 4) is 0 Å². The number of fused-ring (bicyclic) bond motifs is 3. The second kappa shape index (κ2) is 5.87. The van der Waals surface area contributed by atoms with Gasteiger partial charge >= 0.3 is 0 Å². The number of carbonyl (C=O) groups excluding carboxylic acids is 1. The Bertz CT molecular complexity index is 917. The number of rotatable bonds is 3. The SMILES string of the molecule is C[C@@H]1CCc2c(sc3ncnc(Nc4ccc(C(N)=O)cc4)c23)C1. The number of nitrogens with zero attached hydrogens (tertiary/aromatic N) is 2. The van der Waals surface area contributed by atoms with Gasteiger partial charge in [-0.2, -0.15) is 0 Å². The van der Waals surface area contributed by atoms with Gasteiger partial charge in [0.2, 0.25) is 5.91 Å². The smallest absolute Gasteiger partial charge is 0.248 e. The molecule has 0 bridgehead atoms. The molecular formula is C18H18N4OS. The zero-order chi connectivity index (χ0) is 16.7. The lowest BCUT2D eigenvalue weighted by atomic mass is 9.89. The van der Waals surface area contributed by atoms with Gasteiger partial charge in [0.1, 0.15) is 17.0 Å². The molecule has 2 heterocycles. The van der Waals surface area contributed by atoms with E-state index in [2.05, 4.69) is 22.2 Å². The zero-order valence-corrected chi connectivity index (χ0v) is 14.2. The number of nitrogens with one attached hydrogen (secondary N) is 1. The summed E-state index contributed by atoms with van der Waals surface area (Å²) in [6.07, 6.45) is 5.02. The Morgan fingerprint density at radius 1 is 1.29 bits per heavy atom. The number of amides is 1. The maximum absolute atomic E-state index is 11.2. The van der Waals surface area contributed by atoms with E-state index in [0.29, 0.717) is 5.56 Å². The van der Waals surface area contributed by atoms with Crippen LogP contribution in [-0.4, -0.2) is 15.9 Å². The van der Waals surface area contributed by atoms with Gasteiger partial charge in [-0.1, -0.05) is 6.92 Å². The fraction of sp³-hybridized carbons (Fsp3) is 0.278. The first-order valence-corrected chi connectivity index (χ1v) is 8.85. The fourth-order valence-corrected chi connectivity index (χ4v) is 4.57. The molecule has 1 aliphatic carbocycles. The third-order valence-electron chi connectivity index (χ3n) is 4.52. The number of anilines is 2. The first kappa shape index (κ1) is 15.1. The monoisotopic (exact) mass is 338 g/mol. The molecule has 1 aliphatic rings. The molecule has 5 nitrogen and oxygen atoms in total. The lowest BCUT2D eigenvalue weighted by molar-refractivity contribution is 0.100. The van der Waals surface area contributed by atoms with Crippen LogP contribution in [0.1, 0.15) is 34.1 Å². The van der Waals surface area contributed by atoms with Crippen molar-refractivity contribution in [3.63, 3.8) is 0 Å². The number of nitrogens with two attached hydrogens (primary N) is 1. The van der Waals surface area contributed by atoms with E-state index in [1.165, 1.54) is 16.9 Å². The topological polar surface area (TPSA) is 80.9 Å². The van der Waals surface area contributed by atoms with Crippen LogP contribution in [0.5, 0.6) is 0 Å². The standard InChI is InChI=1S/C18H18N4OS/c1-10-2-7-13-14(8-10)24-18-15(13)17(20-9-21-18)22-12-5-3-11(4-6-12)16(19)23/h3-6,9-10H,2,7-8H2,1H3,(H2,19,23)(H,20,21,22)/t10-/m1/s1. The molecule has 0 spiro atoms. The molecule has 122 valence electrons. The molecule has 1 amide bonds. The number of primary amides is 1. The summed E-state index contributed by atoms with van der Waals surface area (Å²) in [6.45, 7) is 2.30. The summed E-state index contributed by atoms with van der Waals surface area (Å²) in [4.78, 5) is 22.6. The van der Waals surface area contributed by atoms with E-state index in [-0.39, 0.29) is 0 Å². The highest BCUT2D eigenvalue weighted by Crippen LogP contribution is 2.40. The average Bonchev–Trinajstić information content (AvgIpc) is 2.93. The molecular weight excluding hydrogens is 320 g/mol. The molecule has 0 unspecified atom stereocenters. The summed E-state index contributed by atoms with van der Waals surface area (Å²) in [5.41, 5.74) is 8.05. The minimum Gasteiger partial charge on any atom is -0.366 e. The van der Waals surface area contributed by atoms with Gasteiger partial charge in [-0.15, -0.1) is 11.3 Å². The van der Waals surface area contributed by atoms with Crippen molar-refractivity contribution in [3.05, 3.63) is 46.6 Å². The molecule has 0 fully saturated rings. The predicted octanol–water partition coefficient (Wildman–Crippen LogP) is 3.66. The summed E-state index contributed by atoms with van der Waals surface area (Å²) in [6, 6.07) is 7.12. The Hall–Kier alpha value is -2.47. The lowest BCUT2D eigenvalue weighted by Crippen LogP contribution is -2.10. The van der Waals surface area contributed by atoms with E-state index in [1.807, 2.05) is 12.1 Å². The molecule has 0 saturated heterocycles. The Labute approximate surface area is 143 Å². The lowest BCUT2D eigenvalue weighted by Gasteiger charge is -2.18. The number of thiophene rings is 1. The quantitative estimate of drug-likeness (QED) is 0.763. The molecule has 1 atom stereocenters. The van der Waals surface area contributed by atoms with Crippen LogP contribution in [0.25, 0.3) is 10.2 Å². The number of carbonyl (C=O) groups is 1. The Morgan fingerprint density at radius 3 is 2.83 bits per heavy atom. The van der Waals surface area contributed by atoms with E-state index in [1.54, 1.807) is 29.8 Å². The van der Waals surface area contributed by atoms with E-state index in [0.717, 1.165) is 40.5 Å². The van der Waals surface area contributed by atoms with Crippen molar-refractivity contribution in [2.45, 2.75) is 26.2 Å². The molecule has 1 aromatic carbocycles. The van der Waals surface area contributed by atoms with Gasteiger partial charge in [-0.3, -0.25) is 4.79 Å². The van der Waals surface area contributed by atoms with Crippen molar-refractivity contribution >= 4 is 39.0 Å². The third-order valence-corrected chi connectivity index (χ3v) is 5.69. The highest BCUT2D eigenvalue weighted by Gasteiger charge is 2.23. The molecule has 24 heavy (non-hydrogen) atoms. The van der Waals surface area contributed by atoms with Crippen LogP contribution in [0, 0.1) is 5.92 Å². The van der Waals surface area contributed by atoms with Crippen LogP contribution in [-0.2, 0) is 12.8 Å². The van der Waals surface area contributed by atoms with Gasteiger partial charge < -0.3 is 11.1 Å². The van der Waals surface area contributed by atoms with Crippen LogP contribution in [0.4, 0.5) is 11.5 Å². The van der Waals surface area contributed by atoms with Gasteiger partial charge in [0, 0.05) is 16.1 Å². The molecule has 2 aromatic heterocycles. The van der Waals surface area contributed by atoms with Crippen LogP contribution in [0.15, 0.2) is 30.6 Å². The van der Waals surface area contributed by atoms with Gasteiger partial charge in [0.05, 0.1) is 5.39 Å². The summed E-state index contributed by atoms with van der Waals surface area (Å²) in [5.74, 6) is 1.14. The van der Waals surface area contributed by atoms with E-state index in [9.17, 15) is 4.79 Å². The van der Waals surface area contributed by atoms with E-state index in [4.69, 9.17) is 5.73 Å². The minimum absolute atomic E-state index is 0.424. The van der Waals surface area contributed by atoms with Crippen molar-refractivity contribution < 1.29 is 4.79 Å². The maximum atomic E-state index is 11.2. The van der Waals surface area contributed by atoms with Gasteiger partial charge in [0.15, 0.2) is 0 Å². The van der Waals surface area contributed by atoms with Crippen LogP contribution in [0.2, 0.25) is 0 Å². The maximum Gasteiger partial charge on any atom is 0.248 e. The van der Waals surface area contributed by atoms with Crippen LogP contribution < -0.4 is 11.1 Å². The Balaban J connectivity index is 1.73. The minimum atomic E-state index is -0.424. The number of aromatic nitrogens is 2. The first-order valence-electron chi connectivity index (χ1n) is 8.04. The average molecular weight is 338 g/mol.